The van der Waals surface area contributed by atoms with Gasteiger partial charge in [-0.3, -0.25) is 14.5 Å². The number of aromatic nitrogens is 5. The fourth-order valence-corrected chi connectivity index (χ4v) is 3.30. The fourth-order valence-electron chi connectivity index (χ4n) is 3.30. The predicted octanol–water partition coefficient (Wildman–Crippen LogP) is 2.22. The van der Waals surface area contributed by atoms with Gasteiger partial charge in [-0.2, -0.15) is 5.10 Å². The molecule has 1 unspecified atom stereocenters. The number of halogens is 2. The molecule has 1 N–H and O–H groups in total. The van der Waals surface area contributed by atoms with E-state index < -0.39 is 18.0 Å². The van der Waals surface area contributed by atoms with Crippen molar-refractivity contribution in [3.8, 4) is 11.3 Å². The molecule has 29 heavy (non-hydrogen) atoms. The standard InChI is InChI=1S/C19H19F2N7O/c1-27-16(9-15(26-27)17(20)21)18(29)24-13-5-8-28(11-13)19-23-7-4-14(25-19)12-3-2-6-22-10-12/h2-4,6-7,9-10,13,17H,5,8,11H2,1H3,(H,24,29). The fraction of sp³-hybridized carbons (Fsp3) is 0.316. The zero-order chi connectivity index (χ0) is 20.4. The third-order valence-electron chi connectivity index (χ3n) is 4.76. The van der Waals surface area contributed by atoms with E-state index in [9.17, 15) is 13.6 Å². The number of rotatable bonds is 5. The van der Waals surface area contributed by atoms with Crippen molar-refractivity contribution < 1.29 is 13.6 Å². The van der Waals surface area contributed by atoms with Gasteiger partial charge in [0.25, 0.3) is 12.3 Å². The van der Waals surface area contributed by atoms with Crippen LogP contribution in [0.5, 0.6) is 0 Å². The van der Waals surface area contributed by atoms with Crippen LogP contribution in [0.2, 0.25) is 0 Å². The molecule has 0 saturated carbocycles. The third-order valence-corrected chi connectivity index (χ3v) is 4.76. The van der Waals surface area contributed by atoms with E-state index in [4.69, 9.17) is 0 Å². The maximum absolute atomic E-state index is 12.8. The molecule has 0 aliphatic carbocycles. The van der Waals surface area contributed by atoms with E-state index in [1.165, 1.54) is 11.7 Å². The van der Waals surface area contributed by atoms with Crippen molar-refractivity contribution in [3.63, 3.8) is 0 Å². The van der Waals surface area contributed by atoms with Crippen LogP contribution in [0, 0.1) is 0 Å². The van der Waals surface area contributed by atoms with Gasteiger partial charge in [-0.25, -0.2) is 18.7 Å². The summed E-state index contributed by atoms with van der Waals surface area (Å²) in [6.45, 7) is 1.21. The van der Waals surface area contributed by atoms with Crippen molar-refractivity contribution in [1.29, 1.82) is 0 Å². The number of amides is 1. The molecule has 4 heterocycles. The monoisotopic (exact) mass is 399 g/mol. The average Bonchev–Trinajstić information content (AvgIpc) is 3.35. The lowest BCUT2D eigenvalue weighted by Gasteiger charge is -2.17. The van der Waals surface area contributed by atoms with Gasteiger partial charge in [-0.15, -0.1) is 0 Å². The summed E-state index contributed by atoms with van der Waals surface area (Å²) >= 11 is 0. The number of nitrogens with one attached hydrogen (secondary N) is 1. The Morgan fingerprint density at radius 1 is 1.31 bits per heavy atom. The molecule has 0 bridgehead atoms. The Morgan fingerprint density at radius 2 is 2.17 bits per heavy atom. The van der Waals surface area contributed by atoms with Gasteiger partial charge < -0.3 is 10.2 Å². The van der Waals surface area contributed by atoms with Crippen LogP contribution < -0.4 is 10.2 Å². The second kappa shape index (κ2) is 7.90. The molecule has 0 spiro atoms. The summed E-state index contributed by atoms with van der Waals surface area (Å²) < 4.78 is 26.8. The molecule has 3 aromatic rings. The van der Waals surface area contributed by atoms with Crippen molar-refractivity contribution in [2.75, 3.05) is 18.0 Å². The van der Waals surface area contributed by atoms with E-state index in [2.05, 4.69) is 25.4 Å². The van der Waals surface area contributed by atoms with E-state index in [0.717, 1.165) is 17.3 Å². The van der Waals surface area contributed by atoms with Crippen molar-refractivity contribution in [2.24, 2.45) is 7.05 Å². The molecule has 150 valence electrons. The summed E-state index contributed by atoms with van der Waals surface area (Å²) in [7, 11) is 1.47. The zero-order valence-electron chi connectivity index (χ0n) is 15.7. The lowest BCUT2D eigenvalue weighted by atomic mass is 10.2. The molecule has 3 aromatic heterocycles. The van der Waals surface area contributed by atoms with E-state index in [-0.39, 0.29) is 11.7 Å². The Bertz CT molecular complexity index is 1010. The average molecular weight is 399 g/mol. The normalized spacial score (nSPS) is 16.4. The number of carbonyl (C=O) groups is 1. The number of carbonyl (C=O) groups excluding carboxylic acids is 1. The highest BCUT2D eigenvalue weighted by molar-refractivity contribution is 5.93. The van der Waals surface area contributed by atoms with Crippen LogP contribution >= 0.6 is 0 Å². The first-order chi connectivity index (χ1) is 14.0. The lowest BCUT2D eigenvalue weighted by Crippen LogP contribution is -2.38. The Hall–Kier alpha value is -3.43. The van der Waals surface area contributed by atoms with Gasteiger partial charge in [0, 0.05) is 50.3 Å². The van der Waals surface area contributed by atoms with Gasteiger partial charge >= 0.3 is 0 Å². The molecule has 0 radical (unpaired) electrons. The van der Waals surface area contributed by atoms with Crippen LogP contribution in [-0.2, 0) is 7.05 Å². The topological polar surface area (TPSA) is 88.8 Å². The number of pyridine rings is 1. The second-order valence-electron chi connectivity index (χ2n) is 6.77. The summed E-state index contributed by atoms with van der Waals surface area (Å²) in [5.41, 5.74) is 1.36. The molecule has 1 aliphatic rings. The summed E-state index contributed by atoms with van der Waals surface area (Å²) in [5, 5.41) is 6.56. The Kier molecular flexibility index (Phi) is 5.15. The molecule has 10 heteroatoms. The highest BCUT2D eigenvalue weighted by atomic mass is 19.3. The van der Waals surface area contributed by atoms with E-state index in [1.807, 2.05) is 23.1 Å². The minimum atomic E-state index is -2.71. The molecule has 4 rings (SSSR count). The van der Waals surface area contributed by atoms with E-state index in [0.29, 0.717) is 25.5 Å². The smallest absolute Gasteiger partial charge is 0.282 e. The lowest BCUT2D eigenvalue weighted by molar-refractivity contribution is 0.0931. The maximum atomic E-state index is 12.8. The van der Waals surface area contributed by atoms with Gasteiger partial charge in [-0.05, 0) is 30.7 Å². The molecular formula is C19H19F2N7O. The van der Waals surface area contributed by atoms with Crippen LogP contribution in [-0.4, -0.2) is 49.8 Å². The molecular weight excluding hydrogens is 380 g/mol. The van der Waals surface area contributed by atoms with Gasteiger partial charge in [0.2, 0.25) is 5.95 Å². The third kappa shape index (κ3) is 4.05. The second-order valence-corrected chi connectivity index (χ2v) is 6.77. The van der Waals surface area contributed by atoms with E-state index in [1.54, 1.807) is 18.6 Å². The molecule has 1 fully saturated rings. The van der Waals surface area contributed by atoms with Gasteiger partial charge in [0.15, 0.2) is 0 Å². The molecule has 1 atom stereocenters. The largest absolute Gasteiger partial charge is 0.346 e. The number of alkyl halides is 2. The first kappa shape index (κ1) is 18.9. The summed E-state index contributed by atoms with van der Waals surface area (Å²) in [4.78, 5) is 27.5. The number of hydrogen-bond donors (Lipinski definition) is 1. The van der Waals surface area contributed by atoms with Gasteiger partial charge in [-0.1, -0.05) is 0 Å². The van der Waals surface area contributed by atoms with Crippen LogP contribution in [0.4, 0.5) is 14.7 Å². The Morgan fingerprint density at radius 3 is 2.90 bits per heavy atom. The zero-order valence-corrected chi connectivity index (χ0v) is 15.7. The first-order valence-electron chi connectivity index (χ1n) is 9.12. The molecule has 1 amide bonds. The minimum Gasteiger partial charge on any atom is -0.346 e. The van der Waals surface area contributed by atoms with Crippen LogP contribution in [0.25, 0.3) is 11.3 Å². The molecule has 1 saturated heterocycles. The highest BCUT2D eigenvalue weighted by Crippen LogP contribution is 2.22. The molecule has 1 aliphatic heterocycles. The summed E-state index contributed by atoms with van der Waals surface area (Å²) in [5.74, 6) is 0.146. The van der Waals surface area contributed by atoms with Gasteiger partial charge in [0.05, 0.1) is 5.69 Å². The van der Waals surface area contributed by atoms with Crippen molar-refractivity contribution in [1.82, 2.24) is 30.0 Å². The van der Waals surface area contributed by atoms with Crippen molar-refractivity contribution in [2.45, 2.75) is 18.9 Å². The van der Waals surface area contributed by atoms with Gasteiger partial charge in [0.1, 0.15) is 11.4 Å². The van der Waals surface area contributed by atoms with Crippen molar-refractivity contribution >= 4 is 11.9 Å². The van der Waals surface area contributed by atoms with Crippen LogP contribution in [0.3, 0.4) is 0 Å². The quantitative estimate of drug-likeness (QED) is 0.708. The first-order valence-corrected chi connectivity index (χ1v) is 9.12. The Labute approximate surface area is 165 Å². The number of hydrogen-bond acceptors (Lipinski definition) is 6. The van der Waals surface area contributed by atoms with E-state index >= 15 is 0 Å². The van der Waals surface area contributed by atoms with Crippen LogP contribution in [0.15, 0.2) is 42.9 Å². The maximum Gasteiger partial charge on any atom is 0.282 e. The number of anilines is 1. The predicted molar refractivity (Wildman–Crippen MR) is 102 cm³/mol. The molecule has 8 nitrogen and oxygen atoms in total. The summed E-state index contributed by atoms with van der Waals surface area (Å²) in [6.07, 6.45) is 3.12. The number of aryl methyl sites for hydroxylation is 1. The minimum absolute atomic E-state index is 0.105. The van der Waals surface area contributed by atoms with Crippen LogP contribution in [0.1, 0.15) is 29.0 Å². The molecule has 0 aromatic carbocycles. The number of nitrogens with zero attached hydrogens (tertiary/aromatic N) is 6. The highest BCUT2D eigenvalue weighted by Gasteiger charge is 2.27. The van der Waals surface area contributed by atoms with Crippen molar-refractivity contribution in [3.05, 3.63) is 54.2 Å². The SMILES string of the molecule is Cn1nc(C(F)F)cc1C(=O)NC1CCN(c2nccc(-c3cccnc3)n2)C1. The Balaban J connectivity index is 1.43. The summed E-state index contributed by atoms with van der Waals surface area (Å²) in [6, 6.07) is 6.56.